The van der Waals surface area contributed by atoms with Crippen molar-refractivity contribution in [1.82, 2.24) is 10.2 Å². The second-order valence-corrected chi connectivity index (χ2v) is 7.42. The van der Waals surface area contributed by atoms with Crippen molar-refractivity contribution in [3.8, 4) is 0 Å². The molecule has 1 heterocycles. The molecule has 1 unspecified atom stereocenters. The van der Waals surface area contributed by atoms with E-state index in [9.17, 15) is 4.39 Å². The van der Waals surface area contributed by atoms with Crippen molar-refractivity contribution in [3.05, 3.63) is 35.6 Å². The zero-order chi connectivity index (χ0) is 14.9. The van der Waals surface area contributed by atoms with Crippen LogP contribution in [0.25, 0.3) is 0 Å². The predicted octanol–water partition coefficient (Wildman–Crippen LogP) is 3.57. The Balaban J connectivity index is 1.43. The fourth-order valence-electron chi connectivity index (χ4n) is 3.57. The molecule has 2 nitrogen and oxygen atoms in total. The highest BCUT2D eigenvalue weighted by molar-refractivity contribution is 5.16. The van der Waals surface area contributed by atoms with Crippen LogP contribution in [0.2, 0.25) is 0 Å². The Morgan fingerprint density at radius 3 is 2.33 bits per heavy atom. The maximum atomic E-state index is 12.9. The Kier molecular flexibility index (Phi) is 4.32. The molecule has 0 bridgehead atoms. The van der Waals surface area contributed by atoms with Crippen LogP contribution in [0.5, 0.6) is 0 Å². The number of nitrogens with one attached hydrogen (secondary N) is 1. The highest BCUT2D eigenvalue weighted by Gasteiger charge is 2.39. The summed E-state index contributed by atoms with van der Waals surface area (Å²) in [5.41, 5.74) is 1.70. The monoisotopic (exact) mass is 290 g/mol. The molecule has 21 heavy (non-hydrogen) atoms. The summed E-state index contributed by atoms with van der Waals surface area (Å²) < 4.78 is 12.9. The molecule has 1 aliphatic carbocycles. The van der Waals surface area contributed by atoms with Crippen molar-refractivity contribution < 1.29 is 4.39 Å². The van der Waals surface area contributed by atoms with E-state index in [2.05, 4.69) is 24.1 Å². The van der Waals surface area contributed by atoms with Crippen LogP contribution >= 0.6 is 0 Å². The maximum absolute atomic E-state index is 12.9. The maximum Gasteiger partial charge on any atom is 0.123 e. The topological polar surface area (TPSA) is 15.3 Å². The molecule has 2 aliphatic rings. The summed E-state index contributed by atoms with van der Waals surface area (Å²) in [6, 6.07) is 8.31. The van der Waals surface area contributed by atoms with E-state index in [1.807, 2.05) is 12.1 Å². The van der Waals surface area contributed by atoms with E-state index < -0.39 is 0 Å². The average Bonchev–Trinajstić information content (AvgIpc) is 2.48. The van der Waals surface area contributed by atoms with Gasteiger partial charge in [-0.1, -0.05) is 26.0 Å². The van der Waals surface area contributed by atoms with Gasteiger partial charge in [0.2, 0.25) is 0 Å². The molecule has 0 spiro atoms. The molecule has 1 saturated heterocycles. The van der Waals surface area contributed by atoms with Crippen molar-refractivity contribution in [2.45, 2.75) is 58.2 Å². The molecular formula is C18H27FN2. The zero-order valence-corrected chi connectivity index (χ0v) is 13.2. The summed E-state index contributed by atoms with van der Waals surface area (Å²) in [5.74, 6) is -0.148. The molecule has 1 aromatic carbocycles. The minimum atomic E-state index is -0.148. The number of hydrogen-bond acceptors (Lipinski definition) is 2. The van der Waals surface area contributed by atoms with Gasteiger partial charge in [0.15, 0.2) is 0 Å². The molecule has 1 N–H and O–H groups in total. The van der Waals surface area contributed by atoms with Crippen molar-refractivity contribution in [2.24, 2.45) is 5.41 Å². The lowest BCUT2D eigenvalue weighted by atomic mass is 9.67. The van der Waals surface area contributed by atoms with E-state index in [-0.39, 0.29) is 5.82 Å². The van der Waals surface area contributed by atoms with Gasteiger partial charge in [-0.3, -0.25) is 4.90 Å². The van der Waals surface area contributed by atoms with Crippen LogP contribution in [-0.2, 0) is 6.54 Å². The fraction of sp³-hybridized carbons (Fsp3) is 0.667. The minimum absolute atomic E-state index is 0.148. The molecule has 2 fully saturated rings. The van der Waals surface area contributed by atoms with E-state index in [1.54, 1.807) is 12.1 Å². The molecule has 3 rings (SSSR count). The summed E-state index contributed by atoms with van der Waals surface area (Å²) in [7, 11) is 0. The Morgan fingerprint density at radius 1 is 1.14 bits per heavy atom. The third-order valence-electron chi connectivity index (χ3n) is 5.36. The fourth-order valence-corrected chi connectivity index (χ4v) is 3.57. The Bertz CT molecular complexity index is 461. The van der Waals surface area contributed by atoms with Gasteiger partial charge in [0.1, 0.15) is 5.82 Å². The first-order chi connectivity index (χ1) is 10.0. The van der Waals surface area contributed by atoms with Crippen molar-refractivity contribution in [1.29, 1.82) is 0 Å². The number of benzene rings is 1. The van der Waals surface area contributed by atoms with E-state index in [4.69, 9.17) is 0 Å². The smallest absolute Gasteiger partial charge is 0.123 e. The van der Waals surface area contributed by atoms with E-state index in [0.717, 1.165) is 19.6 Å². The summed E-state index contributed by atoms with van der Waals surface area (Å²) in [6.07, 6.45) is 5.15. The first kappa shape index (κ1) is 15.0. The van der Waals surface area contributed by atoms with Gasteiger partial charge in [-0.2, -0.15) is 0 Å². The highest BCUT2D eigenvalue weighted by Crippen LogP contribution is 2.40. The van der Waals surface area contributed by atoms with E-state index in [0.29, 0.717) is 17.5 Å². The summed E-state index contributed by atoms with van der Waals surface area (Å²) in [5, 5.41) is 3.86. The molecule has 1 atom stereocenters. The van der Waals surface area contributed by atoms with Crippen LogP contribution < -0.4 is 5.32 Å². The number of halogens is 1. The van der Waals surface area contributed by atoms with Gasteiger partial charge in [-0.05, 0) is 61.9 Å². The lowest BCUT2D eigenvalue weighted by molar-refractivity contribution is 0.0813. The number of piperidine rings is 1. The highest BCUT2D eigenvalue weighted by atomic mass is 19.1. The van der Waals surface area contributed by atoms with Gasteiger partial charge in [0.25, 0.3) is 0 Å². The zero-order valence-electron chi connectivity index (χ0n) is 13.2. The van der Waals surface area contributed by atoms with Crippen LogP contribution in [0, 0.1) is 11.2 Å². The predicted molar refractivity (Wildman–Crippen MR) is 84.6 cm³/mol. The Morgan fingerprint density at radius 2 is 1.81 bits per heavy atom. The van der Waals surface area contributed by atoms with Crippen LogP contribution in [0.4, 0.5) is 4.39 Å². The van der Waals surface area contributed by atoms with Crippen LogP contribution in [0.3, 0.4) is 0 Å². The Hall–Kier alpha value is -0.930. The minimum Gasteiger partial charge on any atom is -0.311 e. The molecule has 0 amide bonds. The molecule has 3 heteroatoms. The third kappa shape index (κ3) is 3.64. The number of likely N-dealkylation sites (tertiary alicyclic amines) is 1. The van der Waals surface area contributed by atoms with Crippen LogP contribution in [0.1, 0.15) is 45.1 Å². The third-order valence-corrected chi connectivity index (χ3v) is 5.36. The average molecular weight is 290 g/mol. The van der Waals surface area contributed by atoms with Crippen LogP contribution in [-0.4, -0.2) is 30.1 Å². The molecule has 1 aromatic rings. The molecule has 0 radical (unpaired) electrons. The lowest BCUT2D eigenvalue weighted by Gasteiger charge is -2.47. The van der Waals surface area contributed by atoms with Gasteiger partial charge in [0.05, 0.1) is 0 Å². The lowest BCUT2D eigenvalue weighted by Crippen LogP contribution is -2.55. The van der Waals surface area contributed by atoms with Gasteiger partial charge in [-0.15, -0.1) is 0 Å². The molecule has 116 valence electrons. The number of hydrogen-bond donors (Lipinski definition) is 1. The molecule has 0 aromatic heterocycles. The SMILES string of the molecule is CC1(C)CCC1NC1CCN(Cc2ccc(F)cc2)CC1. The van der Waals surface area contributed by atoms with Crippen molar-refractivity contribution in [2.75, 3.05) is 13.1 Å². The second-order valence-electron chi connectivity index (χ2n) is 7.42. The second kappa shape index (κ2) is 6.05. The van der Waals surface area contributed by atoms with Crippen LogP contribution in [0.15, 0.2) is 24.3 Å². The quantitative estimate of drug-likeness (QED) is 0.912. The van der Waals surface area contributed by atoms with E-state index >= 15 is 0 Å². The number of rotatable bonds is 4. The molecule has 1 saturated carbocycles. The number of nitrogens with zero attached hydrogens (tertiary/aromatic N) is 1. The molecule has 1 aliphatic heterocycles. The van der Waals surface area contributed by atoms with Gasteiger partial charge < -0.3 is 5.32 Å². The summed E-state index contributed by atoms with van der Waals surface area (Å²) in [4.78, 5) is 2.48. The molecular weight excluding hydrogens is 263 g/mol. The van der Waals surface area contributed by atoms with E-state index in [1.165, 1.54) is 31.2 Å². The summed E-state index contributed by atoms with van der Waals surface area (Å²) in [6.45, 7) is 7.97. The summed E-state index contributed by atoms with van der Waals surface area (Å²) >= 11 is 0. The normalized spacial score (nSPS) is 26.5. The van der Waals surface area contributed by atoms with Crippen molar-refractivity contribution in [3.63, 3.8) is 0 Å². The van der Waals surface area contributed by atoms with Gasteiger partial charge in [-0.25, -0.2) is 4.39 Å². The Labute approximate surface area is 127 Å². The largest absolute Gasteiger partial charge is 0.311 e. The van der Waals surface area contributed by atoms with Gasteiger partial charge >= 0.3 is 0 Å². The van der Waals surface area contributed by atoms with Crippen molar-refractivity contribution >= 4 is 0 Å². The first-order valence-corrected chi connectivity index (χ1v) is 8.26. The van der Waals surface area contributed by atoms with Gasteiger partial charge in [0, 0.05) is 18.6 Å². The standard InChI is InChI=1S/C18H27FN2/c1-18(2)10-7-17(18)20-16-8-11-21(12-9-16)13-14-3-5-15(19)6-4-14/h3-6,16-17,20H,7-13H2,1-2H3. The first-order valence-electron chi connectivity index (χ1n) is 8.26.